The Morgan fingerprint density at radius 2 is 1.94 bits per heavy atom. The van der Waals surface area contributed by atoms with Crippen molar-refractivity contribution in [1.82, 2.24) is 14.8 Å². The van der Waals surface area contributed by atoms with Gasteiger partial charge in [-0.3, -0.25) is 9.48 Å². The lowest BCUT2D eigenvalue weighted by Crippen LogP contribution is -2.43. The van der Waals surface area contributed by atoms with E-state index < -0.39 is 11.7 Å². The van der Waals surface area contributed by atoms with E-state index in [2.05, 4.69) is 20.7 Å². The van der Waals surface area contributed by atoms with Gasteiger partial charge in [0, 0.05) is 23.2 Å². The molecule has 1 amide bonds. The second kappa shape index (κ2) is 7.81. The predicted octanol–water partition coefficient (Wildman–Crippen LogP) is 3.43. The van der Waals surface area contributed by atoms with E-state index in [1.807, 2.05) is 29.1 Å². The molecule has 162 valence electrons. The average molecular weight is 423 g/mol. The number of anilines is 3. The van der Waals surface area contributed by atoms with Gasteiger partial charge in [-0.2, -0.15) is 5.10 Å². The standard InChI is InChI=1S/C22H26FN7O/c23-16-10-15(20(25)31)21(29-22(16)28-18-4-2-1-3-17(18)24)27-13-5-8-19-12(9-13)11-26-30(19)14-6-7-14/h5,8-11,14,17-18H,1-4,6-7,24H2,(H2,25,31)(H2,27,28,29)/t17-,18+/m0/s1. The molecule has 8 nitrogen and oxygen atoms in total. The summed E-state index contributed by atoms with van der Waals surface area (Å²) < 4.78 is 16.7. The van der Waals surface area contributed by atoms with Gasteiger partial charge in [-0.1, -0.05) is 12.8 Å². The number of nitrogens with one attached hydrogen (secondary N) is 2. The van der Waals surface area contributed by atoms with Crippen molar-refractivity contribution < 1.29 is 9.18 Å². The number of carbonyl (C=O) groups excluding carboxylic acids is 1. The zero-order chi connectivity index (χ0) is 21.5. The van der Waals surface area contributed by atoms with Gasteiger partial charge in [0.05, 0.1) is 23.3 Å². The molecule has 0 spiro atoms. The van der Waals surface area contributed by atoms with E-state index in [1.54, 1.807) is 0 Å². The summed E-state index contributed by atoms with van der Waals surface area (Å²) in [7, 11) is 0. The summed E-state index contributed by atoms with van der Waals surface area (Å²) in [4.78, 5) is 16.3. The molecule has 6 N–H and O–H groups in total. The highest BCUT2D eigenvalue weighted by Crippen LogP contribution is 2.37. The van der Waals surface area contributed by atoms with Crippen LogP contribution < -0.4 is 22.1 Å². The fourth-order valence-corrected chi connectivity index (χ4v) is 4.27. The SMILES string of the molecule is NC(=O)c1cc(F)c(N[C@@H]2CCCC[C@@H]2N)nc1Nc1ccc2c(cnn2C2CC2)c1. The van der Waals surface area contributed by atoms with Crippen LogP contribution in [-0.2, 0) is 0 Å². The minimum absolute atomic E-state index is 0.00948. The third kappa shape index (κ3) is 3.93. The second-order valence-electron chi connectivity index (χ2n) is 8.50. The topological polar surface area (TPSA) is 124 Å². The number of halogens is 1. The Morgan fingerprint density at radius 1 is 1.13 bits per heavy atom. The first-order chi connectivity index (χ1) is 15.0. The number of nitrogens with zero attached hydrogens (tertiary/aromatic N) is 3. The first kappa shape index (κ1) is 19.7. The molecule has 31 heavy (non-hydrogen) atoms. The van der Waals surface area contributed by atoms with Crippen molar-refractivity contribution in [3.63, 3.8) is 0 Å². The highest BCUT2D eigenvalue weighted by atomic mass is 19.1. The molecule has 0 bridgehead atoms. The van der Waals surface area contributed by atoms with Crippen molar-refractivity contribution in [3.05, 3.63) is 41.8 Å². The second-order valence-corrected chi connectivity index (χ2v) is 8.50. The van der Waals surface area contributed by atoms with Gasteiger partial charge in [0.15, 0.2) is 11.6 Å². The molecule has 0 unspecified atom stereocenters. The zero-order valence-electron chi connectivity index (χ0n) is 17.1. The van der Waals surface area contributed by atoms with Crippen LogP contribution in [0.2, 0.25) is 0 Å². The number of pyridine rings is 1. The smallest absolute Gasteiger partial charge is 0.252 e. The lowest BCUT2D eigenvalue weighted by atomic mass is 9.91. The molecule has 3 aromatic rings. The fourth-order valence-electron chi connectivity index (χ4n) is 4.27. The molecule has 2 aliphatic carbocycles. The van der Waals surface area contributed by atoms with Gasteiger partial charge < -0.3 is 22.1 Å². The summed E-state index contributed by atoms with van der Waals surface area (Å²) in [5, 5.41) is 11.7. The van der Waals surface area contributed by atoms with E-state index in [9.17, 15) is 9.18 Å². The lowest BCUT2D eigenvalue weighted by Gasteiger charge is -2.30. The summed E-state index contributed by atoms with van der Waals surface area (Å²) in [6, 6.07) is 7.29. The Morgan fingerprint density at radius 3 is 2.68 bits per heavy atom. The molecular formula is C22H26FN7O. The largest absolute Gasteiger partial charge is 0.365 e. The molecule has 2 aromatic heterocycles. The number of primary amides is 1. The van der Waals surface area contributed by atoms with Crippen molar-refractivity contribution >= 4 is 34.1 Å². The Balaban J connectivity index is 1.45. The summed E-state index contributed by atoms with van der Waals surface area (Å²) in [5.74, 6) is -1.11. The van der Waals surface area contributed by atoms with Crippen LogP contribution in [0.25, 0.3) is 10.9 Å². The number of amides is 1. The van der Waals surface area contributed by atoms with E-state index in [1.165, 1.54) is 0 Å². The molecule has 0 saturated heterocycles. The molecule has 5 rings (SSSR count). The van der Waals surface area contributed by atoms with Gasteiger partial charge in [0.25, 0.3) is 5.91 Å². The average Bonchev–Trinajstić information content (AvgIpc) is 3.51. The predicted molar refractivity (Wildman–Crippen MR) is 118 cm³/mol. The van der Waals surface area contributed by atoms with Crippen LogP contribution >= 0.6 is 0 Å². The Hall–Kier alpha value is -3.20. The van der Waals surface area contributed by atoms with E-state index in [0.717, 1.165) is 55.5 Å². The number of carbonyl (C=O) groups is 1. The van der Waals surface area contributed by atoms with Crippen LogP contribution in [0.4, 0.5) is 21.7 Å². The third-order valence-electron chi connectivity index (χ3n) is 6.13. The van der Waals surface area contributed by atoms with Gasteiger partial charge >= 0.3 is 0 Å². The van der Waals surface area contributed by atoms with Crippen LogP contribution in [0.5, 0.6) is 0 Å². The van der Waals surface area contributed by atoms with Crippen LogP contribution in [0.3, 0.4) is 0 Å². The summed E-state index contributed by atoms with van der Waals surface area (Å²) in [6.07, 6.45) is 7.97. The molecule has 2 heterocycles. The molecule has 9 heteroatoms. The van der Waals surface area contributed by atoms with E-state index in [-0.39, 0.29) is 29.3 Å². The van der Waals surface area contributed by atoms with Crippen molar-refractivity contribution in [1.29, 1.82) is 0 Å². The molecule has 0 radical (unpaired) electrons. The number of benzene rings is 1. The number of hydrogen-bond acceptors (Lipinski definition) is 6. The van der Waals surface area contributed by atoms with Gasteiger partial charge in [0.1, 0.15) is 5.82 Å². The quantitative estimate of drug-likeness (QED) is 0.482. The monoisotopic (exact) mass is 423 g/mol. The number of hydrogen-bond donors (Lipinski definition) is 4. The Labute approximate surface area is 179 Å². The minimum atomic E-state index is -0.752. The minimum Gasteiger partial charge on any atom is -0.365 e. The van der Waals surface area contributed by atoms with Gasteiger partial charge in [-0.25, -0.2) is 9.37 Å². The number of aromatic nitrogens is 3. The van der Waals surface area contributed by atoms with E-state index in [0.29, 0.717) is 11.7 Å². The first-order valence-electron chi connectivity index (χ1n) is 10.8. The number of nitrogens with two attached hydrogens (primary N) is 2. The van der Waals surface area contributed by atoms with Crippen molar-refractivity contribution in [3.8, 4) is 0 Å². The highest BCUT2D eigenvalue weighted by molar-refractivity contribution is 5.99. The van der Waals surface area contributed by atoms with Crippen LogP contribution in [0.1, 0.15) is 54.9 Å². The number of rotatable bonds is 6. The molecule has 2 atom stereocenters. The molecule has 2 fully saturated rings. The summed E-state index contributed by atoms with van der Waals surface area (Å²) in [6.45, 7) is 0. The lowest BCUT2D eigenvalue weighted by molar-refractivity contribution is 0.100. The highest BCUT2D eigenvalue weighted by Gasteiger charge is 2.26. The van der Waals surface area contributed by atoms with E-state index in [4.69, 9.17) is 11.5 Å². The maximum absolute atomic E-state index is 14.7. The van der Waals surface area contributed by atoms with Crippen LogP contribution in [-0.4, -0.2) is 32.8 Å². The van der Waals surface area contributed by atoms with Crippen molar-refractivity contribution in [2.24, 2.45) is 11.5 Å². The first-order valence-corrected chi connectivity index (χ1v) is 10.8. The van der Waals surface area contributed by atoms with Crippen LogP contribution in [0, 0.1) is 5.82 Å². The van der Waals surface area contributed by atoms with Gasteiger partial charge in [-0.05, 0) is 49.9 Å². The van der Waals surface area contributed by atoms with Gasteiger partial charge in [-0.15, -0.1) is 0 Å². The molecule has 0 aliphatic heterocycles. The molecular weight excluding hydrogens is 397 g/mol. The molecule has 2 saturated carbocycles. The summed E-state index contributed by atoms with van der Waals surface area (Å²) in [5.41, 5.74) is 13.4. The Kier molecular flexibility index (Phi) is 4.97. The maximum Gasteiger partial charge on any atom is 0.252 e. The van der Waals surface area contributed by atoms with Crippen LogP contribution in [0.15, 0.2) is 30.5 Å². The maximum atomic E-state index is 14.7. The summed E-state index contributed by atoms with van der Waals surface area (Å²) >= 11 is 0. The van der Waals surface area contributed by atoms with E-state index >= 15 is 0 Å². The number of fused-ring (bicyclic) bond motifs is 1. The molecule has 2 aliphatic rings. The van der Waals surface area contributed by atoms with Gasteiger partial charge in [0.2, 0.25) is 0 Å². The van der Waals surface area contributed by atoms with Crippen molar-refractivity contribution in [2.75, 3.05) is 10.6 Å². The van der Waals surface area contributed by atoms with Crippen molar-refractivity contribution in [2.45, 2.75) is 56.7 Å². The zero-order valence-corrected chi connectivity index (χ0v) is 17.1. The normalized spacial score (nSPS) is 21.2. The molecule has 1 aromatic carbocycles. The Bertz CT molecular complexity index is 1140. The fraction of sp³-hybridized carbons (Fsp3) is 0.409. The third-order valence-corrected chi connectivity index (χ3v) is 6.13.